The first-order chi connectivity index (χ1) is 9.47. The van der Waals surface area contributed by atoms with E-state index in [-0.39, 0.29) is 0 Å². The van der Waals surface area contributed by atoms with E-state index in [4.69, 9.17) is 20.4 Å². The van der Waals surface area contributed by atoms with Crippen LogP contribution in [-0.2, 0) is 4.74 Å². The number of hydrogen-bond donors (Lipinski definition) is 4. The molecular formula is C13H17NO5S. The average Bonchev–Trinajstić information content (AvgIpc) is 2.45. The lowest BCUT2D eigenvalue weighted by Gasteiger charge is -2.36. The van der Waals surface area contributed by atoms with Crippen molar-refractivity contribution in [3.05, 3.63) is 30.3 Å². The van der Waals surface area contributed by atoms with E-state index in [9.17, 15) is 0 Å². The molecule has 1 aliphatic rings. The second kappa shape index (κ2) is 8.18. The second-order valence-corrected chi connectivity index (χ2v) is 4.42. The SMILES string of the molecule is C[C@@H]1O[C@@H](O)[C@@H](O)[C@H](O)[C@@H]1O.S=C=Nc1ccccc1. The Kier molecular flexibility index (Phi) is 6.90. The van der Waals surface area contributed by atoms with Crippen molar-refractivity contribution in [2.24, 2.45) is 4.99 Å². The summed E-state index contributed by atoms with van der Waals surface area (Å²) in [7, 11) is 0. The molecule has 0 aromatic heterocycles. The van der Waals surface area contributed by atoms with Gasteiger partial charge in [-0.1, -0.05) is 18.2 Å². The summed E-state index contributed by atoms with van der Waals surface area (Å²) < 4.78 is 4.68. The number of isothiocyanates is 1. The van der Waals surface area contributed by atoms with Crippen molar-refractivity contribution in [2.45, 2.75) is 37.6 Å². The van der Waals surface area contributed by atoms with Gasteiger partial charge in [-0.05, 0) is 31.3 Å². The van der Waals surface area contributed by atoms with Gasteiger partial charge in [-0.3, -0.25) is 0 Å². The molecule has 1 aromatic carbocycles. The number of aliphatic hydroxyl groups is 4. The number of nitrogens with zero attached hydrogens (tertiary/aromatic N) is 1. The van der Waals surface area contributed by atoms with Gasteiger partial charge >= 0.3 is 0 Å². The summed E-state index contributed by atoms with van der Waals surface area (Å²) in [4.78, 5) is 3.77. The maximum atomic E-state index is 9.09. The minimum Gasteiger partial charge on any atom is -0.388 e. The Morgan fingerprint density at radius 2 is 1.65 bits per heavy atom. The Morgan fingerprint density at radius 1 is 1.05 bits per heavy atom. The van der Waals surface area contributed by atoms with Gasteiger partial charge in [0.25, 0.3) is 0 Å². The van der Waals surface area contributed by atoms with Crippen LogP contribution in [0.1, 0.15) is 6.92 Å². The molecule has 0 spiro atoms. The fourth-order valence-corrected chi connectivity index (χ4v) is 1.69. The lowest BCUT2D eigenvalue weighted by Crippen LogP contribution is -2.56. The third-order valence-electron chi connectivity index (χ3n) is 2.76. The molecule has 1 saturated heterocycles. The van der Waals surface area contributed by atoms with Crippen LogP contribution in [0.15, 0.2) is 35.3 Å². The number of aliphatic imine (C=N–C) groups is 1. The molecule has 0 bridgehead atoms. The zero-order valence-corrected chi connectivity index (χ0v) is 11.6. The highest BCUT2D eigenvalue weighted by atomic mass is 32.1. The Bertz CT molecular complexity index is 437. The van der Waals surface area contributed by atoms with Gasteiger partial charge in [0.05, 0.1) is 17.0 Å². The summed E-state index contributed by atoms with van der Waals surface area (Å²) >= 11 is 4.42. The van der Waals surface area contributed by atoms with Crippen molar-refractivity contribution in [3.8, 4) is 0 Å². The van der Waals surface area contributed by atoms with Crippen LogP contribution in [0.4, 0.5) is 5.69 Å². The molecule has 110 valence electrons. The third kappa shape index (κ3) is 4.73. The van der Waals surface area contributed by atoms with E-state index in [2.05, 4.69) is 27.1 Å². The molecule has 5 atom stereocenters. The first kappa shape index (κ1) is 16.9. The number of ether oxygens (including phenoxy) is 1. The quantitative estimate of drug-likeness (QED) is 0.437. The van der Waals surface area contributed by atoms with E-state index < -0.39 is 30.7 Å². The standard InChI is InChI=1S/C7H5NS.C6H12O5/c9-6-8-7-4-2-1-3-5-7;1-2-3(7)4(8)5(9)6(10)11-2/h1-5H;2-10H,1H3/t;2-,3+,4+,5-,6+/m.0/s1. The molecule has 1 heterocycles. The fraction of sp³-hybridized carbons (Fsp3) is 0.462. The van der Waals surface area contributed by atoms with Gasteiger partial charge in [0.15, 0.2) is 6.29 Å². The molecule has 0 radical (unpaired) electrons. The third-order valence-corrected chi connectivity index (χ3v) is 2.85. The summed E-state index contributed by atoms with van der Waals surface area (Å²) in [6.45, 7) is 1.50. The number of rotatable bonds is 1. The van der Waals surface area contributed by atoms with Gasteiger partial charge in [-0.15, -0.1) is 0 Å². The zero-order chi connectivity index (χ0) is 15.1. The molecular weight excluding hydrogens is 282 g/mol. The minimum absolute atomic E-state index is 0.664. The van der Waals surface area contributed by atoms with Crippen LogP contribution in [-0.4, -0.2) is 56.3 Å². The van der Waals surface area contributed by atoms with E-state index in [1.54, 1.807) is 0 Å². The van der Waals surface area contributed by atoms with Crippen LogP contribution in [0.2, 0.25) is 0 Å². The van der Waals surface area contributed by atoms with Gasteiger partial charge in [0.2, 0.25) is 0 Å². The van der Waals surface area contributed by atoms with Gasteiger partial charge < -0.3 is 25.2 Å². The number of hydrogen-bond acceptors (Lipinski definition) is 7. The van der Waals surface area contributed by atoms with Crippen LogP contribution in [0.3, 0.4) is 0 Å². The summed E-state index contributed by atoms with van der Waals surface area (Å²) in [6, 6.07) is 9.50. The average molecular weight is 299 g/mol. The van der Waals surface area contributed by atoms with Gasteiger partial charge in [-0.2, -0.15) is 4.99 Å². The van der Waals surface area contributed by atoms with Crippen molar-refractivity contribution < 1.29 is 25.2 Å². The number of para-hydroxylation sites is 1. The first-order valence-electron chi connectivity index (χ1n) is 5.98. The molecule has 1 aliphatic heterocycles. The fourth-order valence-electron chi connectivity index (χ4n) is 1.58. The Balaban J connectivity index is 0.000000204. The van der Waals surface area contributed by atoms with Crippen molar-refractivity contribution >= 4 is 23.1 Å². The zero-order valence-electron chi connectivity index (χ0n) is 10.8. The highest BCUT2D eigenvalue weighted by molar-refractivity contribution is 7.78. The van der Waals surface area contributed by atoms with Gasteiger partial charge in [-0.25, -0.2) is 0 Å². The van der Waals surface area contributed by atoms with E-state index in [0.29, 0.717) is 0 Å². The largest absolute Gasteiger partial charge is 0.388 e. The van der Waals surface area contributed by atoms with Crippen LogP contribution < -0.4 is 0 Å². The van der Waals surface area contributed by atoms with Crippen molar-refractivity contribution in [1.29, 1.82) is 0 Å². The van der Waals surface area contributed by atoms with Crippen LogP contribution in [0, 0.1) is 0 Å². The van der Waals surface area contributed by atoms with Gasteiger partial charge in [0, 0.05) is 0 Å². The number of thiocarbonyl (C=S) groups is 1. The Hall–Kier alpha value is -1.18. The van der Waals surface area contributed by atoms with E-state index in [0.717, 1.165) is 5.69 Å². The van der Waals surface area contributed by atoms with Crippen LogP contribution >= 0.6 is 12.2 Å². The topological polar surface area (TPSA) is 103 Å². The lowest BCUT2D eigenvalue weighted by atomic mass is 10.0. The molecule has 1 fully saturated rings. The molecule has 4 N–H and O–H groups in total. The predicted octanol–water partition coefficient (Wildman–Crippen LogP) is 0.227. The molecule has 0 amide bonds. The molecule has 7 heteroatoms. The molecule has 2 rings (SSSR count). The van der Waals surface area contributed by atoms with Crippen LogP contribution in [0.25, 0.3) is 0 Å². The summed E-state index contributed by atoms with van der Waals surface area (Å²) in [6.07, 6.45) is -5.99. The summed E-state index contributed by atoms with van der Waals surface area (Å²) in [5.41, 5.74) is 0.854. The predicted molar refractivity (Wildman–Crippen MR) is 75.7 cm³/mol. The van der Waals surface area contributed by atoms with E-state index >= 15 is 0 Å². The lowest BCUT2D eigenvalue weighted by molar-refractivity contribution is -0.277. The molecule has 0 saturated carbocycles. The molecule has 0 unspecified atom stereocenters. The first-order valence-corrected chi connectivity index (χ1v) is 6.39. The highest BCUT2D eigenvalue weighted by Gasteiger charge is 2.40. The highest BCUT2D eigenvalue weighted by Crippen LogP contribution is 2.18. The Morgan fingerprint density at radius 3 is 2.20 bits per heavy atom. The van der Waals surface area contributed by atoms with Crippen molar-refractivity contribution in [2.75, 3.05) is 0 Å². The van der Waals surface area contributed by atoms with Crippen LogP contribution in [0.5, 0.6) is 0 Å². The second-order valence-electron chi connectivity index (χ2n) is 4.24. The van der Waals surface area contributed by atoms with Crippen molar-refractivity contribution in [1.82, 2.24) is 0 Å². The Labute approximate surface area is 122 Å². The maximum Gasteiger partial charge on any atom is 0.183 e. The number of aliphatic hydroxyl groups excluding tert-OH is 4. The minimum atomic E-state index is -1.43. The summed E-state index contributed by atoms with van der Waals surface area (Å²) in [5, 5.41) is 38.3. The molecule has 20 heavy (non-hydrogen) atoms. The number of benzene rings is 1. The maximum absolute atomic E-state index is 9.09. The van der Waals surface area contributed by atoms with E-state index in [1.807, 2.05) is 30.3 Å². The normalized spacial score (nSPS) is 32.5. The van der Waals surface area contributed by atoms with E-state index in [1.165, 1.54) is 6.92 Å². The molecule has 6 nitrogen and oxygen atoms in total. The molecule has 1 aromatic rings. The smallest absolute Gasteiger partial charge is 0.183 e. The molecule has 0 aliphatic carbocycles. The monoisotopic (exact) mass is 299 g/mol. The van der Waals surface area contributed by atoms with Gasteiger partial charge in [0.1, 0.15) is 18.3 Å². The summed E-state index contributed by atoms with van der Waals surface area (Å²) in [5.74, 6) is 0. The van der Waals surface area contributed by atoms with Crippen molar-refractivity contribution in [3.63, 3.8) is 0 Å².